The summed E-state index contributed by atoms with van der Waals surface area (Å²) in [5.41, 5.74) is 6.33. The van der Waals surface area contributed by atoms with Crippen molar-refractivity contribution < 1.29 is 0 Å². The summed E-state index contributed by atoms with van der Waals surface area (Å²) < 4.78 is 0. The first-order valence-corrected chi connectivity index (χ1v) is 6.12. The summed E-state index contributed by atoms with van der Waals surface area (Å²) in [5, 5.41) is 3.49. The lowest BCUT2D eigenvalue weighted by Gasteiger charge is -2.12. The second-order valence-electron chi connectivity index (χ2n) is 4.51. The summed E-state index contributed by atoms with van der Waals surface area (Å²) >= 11 is 0. The second kappa shape index (κ2) is 5.05. The van der Waals surface area contributed by atoms with E-state index in [0.717, 1.165) is 12.1 Å². The molecule has 0 atom stereocenters. The molecule has 0 fully saturated rings. The van der Waals surface area contributed by atoms with Gasteiger partial charge in [0, 0.05) is 11.4 Å². The maximum Gasteiger partial charge on any atom is 0.0416 e. The summed E-state index contributed by atoms with van der Waals surface area (Å²) in [6.45, 7) is 6.44. The molecule has 1 nitrogen and oxygen atoms in total. The molecule has 0 aromatic heterocycles. The van der Waals surface area contributed by atoms with Gasteiger partial charge in [0.1, 0.15) is 0 Å². The lowest BCUT2D eigenvalue weighted by Crippen LogP contribution is -1.96. The molecule has 88 valence electrons. The predicted octanol–water partition coefficient (Wildman–Crippen LogP) is 4.61. The Bertz CT molecular complexity index is 515. The van der Waals surface area contributed by atoms with Crippen molar-refractivity contribution in [2.45, 2.75) is 27.2 Å². The molecule has 17 heavy (non-hydrogen) atoms. The normalized spacial score (nSPS) is 10.3. The smallest absolute Gasteiger partial charge is 0.0416 e. The number of rotatable bonds is 3. The minimum atomic E-state index is 1.05. The largest absolute Gasteiger partial charge is 0.355 e. The lowest BCUT2D eigenvalue weighted by atomic mass is 10.1. The number of anilines is 2. The Morgan fingerprint density at radius 2 is 1.71 bits per heavy atom. The van der Waals surface area contributed by atoms with Gasteiger partial charge in [0.05, 0.1) is 0 Å². The van der Waals surface area contributed by atoms with Crippen LogP contribution in [0.25, 0.3) is 0 Å². The van der Waals surface area contributed by atoms with Gasteiger partial charge in [-0.1, -0.05) is 36.8 Å². The van der Waals surface area contributed by atoms with Gasteiger partial charge in [0.2, 0.25) is 0 Å². The SMILES string of the molecule is CCc1cc(C)ccc1Nc1cccc(C)c1. The van der Waals surface area contributed by atoms with Gasteiger partial charge in [-0.3, -0.25) is 0 Å². The van der Waals surface area contributed by atoms with Gasteiger partial charge >= 0.3 is 0 Å². The van der Waals surface area contributed by atoms with Crippen LogP contribution in [0, 0.1) is 13.8 Å². The van der Waals surface area contributed by atoms with Crippen molar-refractivity contribution in [3.05, 3.63) is 59.2 Å². The van der Waals surface area contributed by atoms with Crippen molar-refractivity contribution in [2.75, 3.05) is 5.32 Å². The van der Waals surface area contributed by atoms with E-state index in [9.17, 15) is 0 Å². The standard InChI is InChI=1S/C16H19N/c1-4-14-10-13(3)8-9-16(14)17-15-7-5-6-12(2)11-15/h5-11,17H,4H2,1-3H3. The number of benzene rings is 2. The van der Waals surface area contributed by atoms with Crippen molar-refractivity contribution in [1.82, 2.24) is 0 Å². The number of hydrogen-bond acceptors (Lipinski definition) is 1. The van der Waals surface area contributed by atoms with Gasteiger partial charge < -0.3 is 5.32 Å². The van der Waals surface area contributed by atoms with Crippen LogP contribution < -0.4 is 5.32 Å². The Morgan fingerprint density at radius 3 is 2.41 bits per heavy atom. The minimum Gasteiger partial charge on any atom is -0.355 e. The van der Waals surface area contributed by atoms with Crippen molar-refractivity contribution in [2.24, 2.45) is 0 Å². The molecule has 0 aliphatic heterocycles. The number of nitrogens with one attached hydrogen (secondary N) is 1. The zero-order valence-corrected chi connectivity index (χ0v) is 10.7. The van der Waals surface area contributed by atoms with Crippen LogP contribution >= 0.6 is 0 Å². The minimum absolute atomic E-state index is 1.05. The molecule has 0 saturated carbocycles. The molecule has 0 spiro atoms. The number of aryl methyl sites for hydroxylation is 3. The molecule has 1 heteroatoms. The number of hydrogen-bond donors (Lipinski definition) is 1. The molecule has 0 aliphatic rings. The monoisotopic (exact) mass is 225 g/mol. The van der Waals surface area contributed by atoms with E-state index in [4.69, 9.17) is 0 Å². The summed E-state index contributed by atoms with van der Waals surface area (Å²) in [5.74, 6) is 0. The average Bonchev–Trinajstić information content (AvgIpc) is 2.31. The van der Waals surface area contributed by atoms with Crippen LogP contribution in [0.2, 0.25) is 0 Å². The highest BCUT2D eigenvalue weighted by Gasteiger charge is 2.01. The third kappa shape index (κ3) is 2.88. The Balaban J connectivity index is 2.29. The highest BCUT2D eigenvalue weighted by Crippen LogP contribution is 2.23. The fourth-order valence-electron chi connectivity index (χ4n) is 2.02. The predicted molar refractivity (Wildman–Crippen MR) is 75.0 cm³/mol. The molecule has 2 aromatic rings. The summed E-state index contributed by atoms with van der Waals surface area (Å²) in [6.07, 6.45) is 1.05. The quantitative estimate of drug-likeness (QED) is 0.804. The van der Waals surface area contributed by atoms with Crippen molar-refractivity contribution >= 4 is 11.4 Å². The first-order valence-electron chi connectivity index (χ1n) is 6.12. The van der Waals surface area contributed by atoms with E-state index >= 15 is 0 Å². The van der Waals surface area contributed by atoms with Crippen LogP contribution in [0.4, 0.5) is 11.4 Å². The van der Waals surface area contributed by atoms with Crippen LogP contribution in [0.15, 0.2) is 42.5 Å². The van der Waals surface area contributed by atoms with Crippen LogP contribution in [-0.4, -0.2) is 0 Å². The summed E-state index contributed by atoms with van der Waals surface area (Å²) in [7, 11) is 0. The Labute approximate surface area is 103 Å². The molecule has 0 bridgehead atoms. The highest BCUT2D eigenvalue weighted by molar-refractivity contribution is 5.64. The van der Waals surface area contributed by atoms with Gasteiger partial charge in [0.15, 0.2) is 0 Å². The molecule has 2 aromatic carbocycles. The van der Waals surface area contributed by atoms with Gasteiger partial charge in [-0.25, -0.2) is 0 Å². The zero-order valence-electron chi connectivity index (χ0n) is 10.7. The van der Waals surface area contributed by atoms with E-state index in [1.807, 2.05) is 0 Å². The molecule has 0 saturated heterocycles. The molecule has 0 radical (unpaired) electrons. The Hall–Kier alpha value is -1.76. The summed E-state index contributed by atoms with van der Waals surface area (Å²) in [6, 6.07) is 15.0. The van der Waals surface area contributed by atoms with Crippen LogP contribution in [0.1, 0.15) is 23.6 Å². The third-order valence-corrected chi connectivity index (χ3v) is 2.94. The van der Waals surface area contributed by atoms with Crippen molar-refractivity contribution in [1.29, 1.82) is 0 Å². The zero-order chi connectivity index (χ0) is 12.3. The topological polar surface area (TPSA) is 12.0 Å². The van der Waals surface area contributed by atoms with Crippen LogP contribution in [0.3, 0.4) is 0 Å². The van der Waals surface area contributed by atoms with E-state index < -0.39 is 0 Å². The molecule has 0 heterocycles. The van der Waals surface area contributed by atoms with Crippen molar-refractivity contribution in [3.8, 4) is 0 Å². The van der Waals surface area contributed by atoms with Crippen LogP contribution in [0.5, 0.6) is 0 Å². The van der Waals surface area contributed by atoms with Gasteiger partial charge in [-0.05, 0) is 49.6 Å². The maximum atomic E-state index is 3.49. The first kappa shape index (κ1) is 11.7. The maximum absolute atomic E-state index is 3.49. The Morgan fingerprint density at radius 1 is 0.941 bits per heavy atom. The van der Waals surface area contributed by atoms with E-state index in [-0.39, 0.29) is 0 Å². The molecular formula is C16H19N. The molecular weight excluding hydrogens is 206 g/mol. The third-order valence-electron chi connectivity index (χ3n) is 2.94. The average molecular weight is 225 g/mol. The molecule has 2 rings (SSSR count). The van der Waals surface area contributed by atoms with E-state index in [1.165, 1.54) is 22.4 Å². The van der Waals surface area contributed by atoms with Crippen LogP contribution in [-0.2, 0) is 6.42 Å². The van der Waals surface area contributed by atoms with E-state index in [1.54, 1.807) is 0 Å². The highest BCUT2D eigenvalue weighted by atomic mass is 14.9. The molecule has 0 amide bonds. The van der Waals surface area contributed by atoms with E-state index in [2.05, 4.69) is 68.6 Å². The summed E-state index contributed by atoms with van der Waals surface area (Å²) in [4.78, 5) is 0. The van der Waals surface area contributed by atoms with Gasteiger partial charge in [-0.2, -0.15) is 0 Å². The molecule has 0 unspecified atom stereocenters. The fourth-order valence-corrected chi connectivity index (χ4v) is 2.02. The Kier molecular flexibility index (Phi) is 3.48. The van der Waals surface area contributed by atoms with Gasteiger partial charge in [-0.15, -0.1) is 0 Å². The second-order valence-corrected chi connectivity index (χ2v) is 4.51. The fraction of sp³-hybridized carbons (Fsp3) is 0.250. The lowest BCUT2D eigenvalue weighted by molar-refractivity contribution is 1.13. The first-order chi connectivity index (χ1) is 8.19. The molecule has 1 N–H and O–H groups in total. The van der Waals surface area contributed by atoms with Gasteiger partial charge in [0.25, 0.3) is 0 Å². The van der Waals surface area contributed by atoms with E-state index in [0.29, 0.717) is 0 Å². The van der Waals surface area contributed by atoms with Crippen molar-refractivity contribution in [3.63, 3.8) is 0 Å². The molecule has 0 aliphatic carbocycles.